The van der Waals surface area contributed by atoms with Crippen molar-refractivity contribution >= 4 is 11.5 Å². The van der Waals surface area contributed by atoms with Crippen LogP contribution >= 0.6 is 0 Å². The zero-order valence-electron chi connectivity index (χ0n) is 14.0. The standard InChI is InChI=1S/C21H21NO2/c1-13(23)15-8-11-20-19(12-15)17-4-3-5-18(17)21(22-20)14-6-9-16(24-2)10-7-14/h3-4,6-12,17-18,21-22H,5H2,1-2H3/t17-,18+,21+/m1/s1. The first-order valence-corrected chi connectivity index (χ1v) is 8.39. The van der Waals surface area contributed by atoms with Crippen LogP contribution < -0.4 is 10.1 Å². The van der Waals surface area contributed by atoms with Crippen molar-refractivity contribution in [1.29, 1.82) is 0 Å². The molecule has 0 bridgehead atoms. The van der Waals surface area contributed by atoms with Crippen LogP contribution in [0.2, 0.25) is 0 Å². The van der Waals surface area contributed by atoms with Gasteiger partial charge in [-0.15, -0.1) is 0 Å². The van der Waals surface area contributed by atoms with Gasteiger partial charge in [0.2, 0.25) is 0 Å². The van der Waals surface area contributed by atoms with Gasteiger partial charge in [0.15, 0.2) is 5.78 Å². The molecular formula is C21H21NO2. The molecule has 1 aliphatic heterocycles. The van der Waals surface area contributed by atoms with E-state index in [4.69, 9.17) is 4.74 Å². The predicted molar refractivity (Wildman–Crippen MR) is 95.8 cm³/mol. The van der Waals surface area contributed by atoms with Crippen LogP contribution in [0.15, 0.2) is 54.6 Å². The molecule has 2 aliphatic rings. The Bertz CT molecular complexity index is 807. The largest absolute Gasteiger partial charge is 0.497 e. The highest BCUT2D eigenvalue weighted by atomic mass is 16.5. The average Bonchev–Trinajstić information content (AvgIpc) is 3.10. The third kappa shape index (κ3) is 2.41. The summed E-state index contributed by atoms with van der Waals surface area (Å²) in [5.41, 5.74) is 4.44. The third-order valence-electron chi connectivity index (χ3n) is 5.24. The summed E-state index contributed by atoms with van der Waals surface area (Å²) < 4.78 is 5.27. The van der Waals surface area contributed by atoms with Crippen LogP contribution in [0.4, 0.5) is 5.69 Å². The van der Waals surface area contributed by atoms with Crippen molar-refractivity contribution in [2.45, 2.75) is 25.3 Å². The lowest BCUT2D eigenvalue weighted by atomic mass is 9.76. The summed E-state index contributed by atoms with van der Waals surface area (Å²) in [5, 5.41) is 3.70. The van der Waals surface area contributed by atoms with Crippen molar-refractivity contribution in [3.8, 4) is 5.75 Å². The summed E-state index contributed by atoms with van der Waals surface area (Å²) in [5.74, 6) is 1.84. The summed E-state index contributed by atoms with van der Waals surface area (Å²) in [6.07, 6.45) is 5.62. The zero-order chi connectivity index (χ0) is 16.7. The molecule has 0 aromatic heterocycles. The normalized spacial score (nSPS) is 24.0. The van der Waals surface area contributed by atoms with Gasteiger partial charge >= 0.3 is 0 Å². The minimum Gasteiger partial charge on any atom is -0.497 e. The lowest BCUT2D eigenvalue weighted by molar-refractivity contribution is 0.101. The highest BCUT2D eigenvalue weighted by Crippen LogP contribution is 2.50. The van der Waals surface area contributed by atoms with Gasteiger partial charge in [-0.05, 0) is 60.7 Å². The molecule has 24 heavy (non-hydrogen) atoms. The first-order chi connectivity index (χ1) is 11.7. The van der Waals surface area contributed by atoms with Crippen LogP contribution in [0.25, 0.3) is 0 Å². The lowest BCUT2D eigenvalue weighted by Crippen LogP contribution is -2.29. The van der Waals surface area contributed by atoms with E-state index in [0.717, 1.165) is 23.4 Å². The van der Waals surface area contributed by atoms with Gasteiger partial charge < -0.3 is 10.1 Å². The molecule has 2 aromatic carbocycles. The Labute approximate surface area is 142 Å². The van der Waals surface area contributed by atoms with Crippen LogP contribution in [0.1, 0.15) is 46.8 Å². The third-order valence-corrected chi connectivity index (χ3v) is 5.24. The van der Waals surface area contributed by atoms with Crippen LogP contribution in [0.5, 0.6) is 5.75 Å². The number of benzene rings is 2. The zero-order valence-corrected chi connectivity index (χ0v) is 14.0. The van der Waals surface area contributed by atoms with E-state index in [1.165, 1.54) is 11.1 Å². The molecule has 0 fully saturated rings. The van der Waals surface area contributed by atoms with Crippen molar-refractivity contribution in [2.75, 3.05) is 12.4 Å². The number of nitrogens with one attached hydrogen (secondary N) is 1. The number of methoxy groups -OCH3 is 1. The van der Waals surface area contributed by atoms with Crippen molar-refractivity contribution in [3.63, 3.8) is 0 Å². The van der Waals surface area contributed by atoms with Gasteiger partial charge in [0.05, 0.1) is 13.2 Å². The lowest BCUT2D eigenvalue weighted by Gasteiger charge is -2.37. The molecule has 1 aliphatic carbocycles. The highest BCUT2D eigenvalue weighted by Gasteiger charge is 2.37. The quantitative estimate of drug-likeness (QED) is 0.657. The second-order valence-corrected chi connectivity index (χ2v) is 6.61. The molecule has 0 saturated carbocycles. The molecule has 0 spiro atoms. The van der Waals surface area contributed by atoms with Crippen LogP contribution in [0, 0.1) is 5.92 Å². The Morgan fingerprint density at radius 3 is 2.67 bits per heavy atom. The van der Waals surface area contributed by atoms with Crippen molar-refractivity contribution in [1.82, 2.24) is 0 Å². The fourth-order valence-corrected chi connectivity index (χ4v) is 3.95. The SMILES string of the molecule is COc1ccc([C@@H]2Nc3ccc(C(C)=O)cc3[C@@H]3C=CC[C@@H]32)cc1. The number of Topliss-reactive ketones (excluding diaryl/α,β-unsaturated/α-hetero) is 1. The van der Waals surface area contributed by atoms with E-state index in [9.17, 15) is 4.79 Å². The molecule has 3 atom stereocenters. The second-order valence-electron chi connectivity index (χ2n) is 6.61. The molecule has 4 rings (SSSR count). The summed E-state index contributed by atoms with van der Waals surface area (Å²) in [4.78, 5) is 11.7. The van der Waals surface area contributed by atoms with E-state index in [0.29, 0.717) is 11.8 Å². The van der Waals surface area contributed by atoms with Gasteiger partial charge in [0, 0.05) is 17.2 Å². The van der Waals surface area contributed by atoms with E-state index in [1.807, 2.05) is 24.3 Å². The highest BCUT2D eigenvalue weighted by molar-refractivity contribution is 5.95. The fourth-order valence-electron chi connectivity index (χ4n) is 3.95. The van der Waals surface area contributed by atoms with E-state index in [-0.39, 0.29) is 11.8 Å². The van der Waals surface area contributed by atoms with Crippen molar-refractivity contribution in [2.24, 2.45) is 5.92 Å². The molecule has 1 N–H and O–H groups in total. The molecule has 122 valence electrons. The number of rotatable bonds is 3. The van der Waals surface area contributed by atoms with E-state index >= 15 is 0 Å². The van der Waals surface area contributed by atoms with E-state index in [2.05, 4.69) is 35.7 Å². The van der Waals surface area contributed by atoms with Gasteiger partial charge in [0.25, 0.3) is 0 Å². The smallest absolute Gasteiger partial charge is 0.159 e. The van der Waals surface area contributed by atoms with Crippen LogP contribution in [0.3, 0.4) is 0 Å². The maximum absolute atomic E-state index is 11.7. The Hall–Kier alpha value is -2.55. The molecular weight excluding hydrogens is 298 g/mol. The van der Waals surface area contributed by atoms with Gasteiger partial charge in [0.1, 0.15) is 5.75 Å². The molecule has 2 aromatic rings. The van der Waals surface area contributed by atoms with E-state index < -0.39 is 0 Å². The molecule has 3 heteroatoms. The number of carbonyl (C=O) groups is 1. The van der Waals surface area contributed by atoms with Crippen molar-refractivity contribution in [3.05, 3.63) is 71.3 Å². The van der Waals surface area contributed by atoms with Gasteiger partial charge in [-0.3, -0.25) is 4.79 Å². The number of ketones is 1. The molecule has 1 heterocycles. The van der Waals surface area contributed by atoms with Gasteiger partial charge in [-0.2, -0.15) is 0 Å². The van der Waals surface area contributed by atoms with Crippen LogP contribution in [-0.2, 0) is 0 Å². The molecule has 0 saturated heterocycles. The summed E-state index contributed by atoms with van der Waals surface area (Å²) in [6.45, 7) is 1.63. The number of hydrogen-bond donors (Lipinski definition) is 1. The average molecular weight is 319 g/mol. The monoisotopic (exact) mass is 319 g/mol. The number of allylic oxidation sites excluding steroid dienone is 2. The minimum atomic E-state index is 0.119. The van der Waals surface area contributed by atoms with Gasteiger partial charge in [-0.1, -0.05) is 24.3 Å². The number of hydrogen-bond acceptors (Lipinski definition) is 3. The summed E-state index contributed by atoms with van der Waals surface area (Å²) >= 11 is 0. The number of anilines is 1. The molecule has 0 unspecified atom stereocenters. The maximum Gasteiger partial charge on any atom is 0.159 e. The van der Waals surface area contributed by atoms with Crippen LogP contribution in [-0.4, -0.2) is 12.9 Å². The number of ether oxygens (including phenoxy) is 1. The Kier molecular flexibility index (Phi) is 3.64. The molecule has 0 radical (unpaired) electrons. The Morgan fingerprint density at radius 2 is 1.96 bits per heavy atom. The summed E-state index contributed by atoms with van der Waals surface area (Å²) in [6, 6.07) is 14.6. The first-order valence-electron chi connectivity index (χ1n) is 8.39. The maximum atomic E-state index is 11.7. The minimum absolute atomic E-state index is 0.119. The van der Waals surface area contributed by atoms with Gasteiger partial charge in [-0.25, -0.2) is 0 Å². The first kappa shape index (κ1) is 15.0. The Morgan fingerprint density at radius 1 is 1.17 bits per heavy atom. The number of carbonyl (C=O) groups excluding carboxylic acids is 1. The molecule has 3 nitrogen and oxygen atoms in total. The second kappa shape index (κ2) is 5.82. The predicted octanol–water partition coefficient (Wildman–Crippen LogP) is 4.72. The Balaban J connectivity index is 1.73. The van der Waals surface area contributed by atoms with Crippen molar-refractivity contribution < 1.29 is 9.53 Å². The topological polar surface area (TPSA) is 38.3 Å². The molecule has 0 amide bonds. The number of fused-ring (bicyclic) bond motifs is 3. The fraction of sp³-hybridized carbons (Fsp3) is 0.286. The summed E-state index contributed by atoms with van der Waals surface area (Å²) in [7, 11) is 1.69. The van der Waals surface area contributed by atoms with E-state index in [1.54, 1.807) is 14.0 Å².